The van der Waals surface area contributed by atoms with Gasteiger partial charge in [0.05, 0.1) is 86.5 Å². The Morgan fingerprint density at radius 3 is 1.08 bits per heavy atom. The molecular formula is C35H44I6N6O16. The van der Waals surface area contributed by atoms with E-state index in [9.17, 15) is 79.8 Å². The lowest BCUT2D eigenvalue weighted by molar-refractivity contribution is -0.131. The molecule has 28 heteroatoms. The zero-order valence-electron chi connectivity index (χ0n) is 32.9. The highest BCUT2D eigenvalue weighted by molar-refractivity contribution is 14.1. The van der Waals surface area contributed by atoms with E-state index >= 15 is 0 Å². The van der Waals surface area contributed by atoms with Crippen LogP contribution in [0.15, 0.2) is 0 Å². The SMILES string of the molecule is CN(CC(O)CO)C(=O)c1c(I)c(NC(=O)C(O)C(O)CO)c(I)c(C(=O)NCCCNC(=O)c2c(I)c(NC(=O)C(O)C(O)CO)c(I)c(C(=O)N(C)CC(O)CO)c2I)c1I. The predicted molar refractivity (Wildman–Crippen MR) is 274 cm³/mol. The third-order valence-corrected chi connectivity index (χ3v) is 15.1. The second-order valence-electron chi connectivity index (χ2n) is 13.4. The van der Waals surface area contributed by atoms with Gasteiger partial charge in [0, 0.05) is 47.4 Å². The molecule has 6 unspecified atom stereocenters. The minimum absolute atomic E-state index is 0.0821. The summed E-state index contributed by atoms with van der Waals surface area (Å²) in [5, 5.41) is 107. The molecule has 0 aliphatic rings. The van der Waals surface area contributed by atoms with Crippen LogP contribution in [0.4, 0.5) is 11.4 Å². The number of rotatable bonds is 22. The fraction of sp³-hybridized carbons (Fsp3) is 0.486. The van der Waals surface area contributed by atoms with Crippen LogP contribution in [0.2, 0.25) is 0 Å². The minimum atomic E-state index is -2.09. The maximum Gasteiger partial charge on any atom is 0.256 e. The van der Waals surface area contributed by atoms with Crippen LogP contribution in [-0.4, -0.2) is 200 Å². The standard InChI is InChI=1S/C35H44I6N6O16/c1-46(6-12(52)8-48)34(62)18-20(36)16(22(38)26(24(18)40)44-32(60)28(56)14(54)10-50)30(58)42-4-3-5-43-31(59)17-21(37)19(35(63)47(2)7-13(53)9-49)25(41)27(23(17)39)45-33(61)29(57)15(55)11-51/h12-15,28-29,48-57H,3-11H2,1-2H3,(H,42,58)(H,43,59)(H,44,60)(H,45,61). The largest absolute Gasteiger partial charge is 0.394 e. The number of carbonyl (C=O) groups excluding carboxylic acids is 6. The molecule has 6 amide bonds. The van der Waals surface area contributed by atoms with Crippen molar-refractivity contribution in [2.24, 2.45) is 0 Å². The fourth-order valence-corrected chi connectivity index (χ4v) is 14.0. The molecule has 2 rings (SSSR count). The summed E-state index contributed by atoms with van der Waals surface area (Å²) in [4.78, 5) is 83.0. The highest BCUT2D eigenvalue weighted by Crippen LogP contribution is 2.38. The Kier molecular flexibility index (Phi) is 25.3. The first-order chi connectivity index (χ1) is 29.4. The van der Waals surface area contributed by atoms with E-state index in [1.54, 1.807) is 136 Å². The number of amides is 6. The molecule has 14 N–H and O–H groups in total. The molecule has 0 fully saturated rings. The van der Waals surface area contributed by atoms with Gasteiger partial charge in [0.15, 0.2) is 12.2 Å². The van der Waals surface area contributed by atoms with E-state index in [1.807, 2.05) is 0 Å². The highest BCUT2D eigenvalue weighted by atomic mass is 127. The van der Waals surface area contributed by atoms with E-state index in [1.165, 1.54) is 14.1 Å². The molecule has 6 atom stereocenters. The average Bonchev–Trinajstić information content (AvgIpc) is 3.24. The molecule has 0 aliphatic heterocycles. The minimum Gasteiger partial charge on any atom is -0.394 e. The molecule has 352 valence electrons. The van der Waals surface area contributed by atoms with Crippen molar-refractivity contribution in [3.8, 4) is 0 Å². The number of anilines is 2. The van der Waals surface area contributed by atoms with Crippen LogP contribution in [-0.2, 0) is 9.59 Å². The van der Waals surface area contributed by atoms with Gasteiger partial charge in [0.1, 0.15) is 12.2 Å². The monoisotopic (exact) mass is 1570 g/mol. The van der Waals surface area contributed by atoms with Crippen molar-refractivity contribution in [3.05, 3.63) is 43.7 Å². The first kappa shape index (κ1) is 58.4. The zero-order chi connectivity index (χ0) is 48.2. The van der Waals surface area contributed by atoms with Gasteiger partial charge in [-0.2, -0.15) is 0 Å². The van der Waals surface area contributed by atoms with Gasteiger partial charge in [-0.05, 0) is 142 Å². The van der Waals surface area contributed by atoms with Gasteiger partial charge >= 0.3 is 0 Å². The number of likely N-dealkylation sites (N-methyl/N-ethyl adjacent to an activating group) is 2. The summed E-state index contributed by atoms with van der Waals surface area (Å²) in [5.41, 5.74) is -0.524. The molecule has 2 aromatic rings. The van der Waals surface area contributed by atoms with Crippen LogP contribution < -0.4 is 21.3 Å². The topological polar surface area (TPSA) is 359 Å². The Bertz CT molecular complexity index is 1900. The number of carbonyl (C=O) groups is 6. The predicted octanol–water partition coefficient (Wildman–Crippen LogP) is -1.98. The van der Waals surface area contributed by atoms with Crippen molar-refractivity contribution in [1.82, 2.24) is 20.4 Å². The quantitative estimate of drug-likeness (QED) is 0.0449. The molecule has 0 bridgehead atoms. The third kappa shape index (κ3) is 15.1. The number of halogens is 6. The van der Waals surface area contributed by atoms with Gasteiger partial charge in [0.2, 0.25) is 0 Å². The Morgan fingerprint density at radius 1 is 0.492 bits per heavy atom. The number of nitrogens with zero attached hydrogens (tertiary/aromatic N) is 2. The Morgan fingerprint density at radius 2 is 0.794 bits per heavy atom. The van der Waals surface area contributed by atoms with Gasteiger partial charge in [-0.1, -0.05) is 0 Å². The molecule has 0 aliphatic carbocycles. The van der Waals surface area contributed by atoms with Crippen LogP contribution in [0, 0.1) is 21.4 Å². The third-order valence-electron chi connectivity index (χ3n) is 8.66. The smallest absolute Gasteiger partial charge is 0.256 e. The summed E-state index contributed by atoms with van der Waals surface area (Å²) in [5.74, 6) is -5.22. The number of aliphatic hydroxyl groups excluding tert-OH is 10. The van der Waals surface area contributed by atoms with Crippen LogP contribution in [0.3, 0.4) is 0 Å². The first-order valence-electron chi connectivity index (χ1n) is 18.0. The average molecular weight is 1570 g/mol. The maximum absolute atomic E-state index is 13.8. The van der Waals surface area contributed by atoms with E-state index in [-0.39, 0.29) is 87.6 Å². The van der Waals surface area contributed by atoms with Crippen molar-refractivity contribution in [2.45, 2.75) is 43.0 Å². The van der Waals surface area contributed by atoms with Crippen LogP contribution in [0.25, 0.3) is 0 Å². The van der Waals surface area contributed by atoms with Gasteiger partial charge in [-0.3, -0.25) is 28.8 Å². The summed E-state index contributed by atoms with van der Waals surface area (Å²) in [6.45, 7) is -3.98. The molecular weight excluding hydrogens is 1520 g/mol. The highest BCUT2D eigenvalue weighted by Gasteiger charge is 2.34. The lowest BCUT2D eigenvalue weighted by atomic mass is 10.1. The van der Waals surface area contributed by atoms with Crippen LogP contribution in [0.1, 0.15) is 47.9 Å². The Balaban J connectivity index is 2.49. The van der Waals surface area contributed by atoms with E-state index < -0.39 is 98.5 Å². The zero-order valence-corrected chi connectivity index (χ0v) is 45.9. The summed E-state index contributed by atoms with van der Waals surface area (Å²) in [6.07, 6.45) is -10.4. The number of hydrogen-bond acceptors (Lipinski definition) is 16. The Hall–Kier alpha value is -0.760. The van der Waals surface area contributed by atoms with Crippen molar-refractivity contribution in [2.75, 3.05) is 77.3 Å². The normalized spacial score (nSPS) is 14.1. The number of hydrogen-bond donors (Lipinski definition) is 14. The van der Waals surface area contributed by atoms with Crippen molar-refractivity contribution < 1.29 is 79.8 Å². The molecule has 22 nitrogen and oxygen atoms in total. The molecule has 0 spiro atoms. The second-order valence-corrected chi connectivity index (χ2v) is 19.9. The summed E-state index contributed by atoms with van der Waals surface area (Å²) in [7, 11) is 2.68. The van der Waals surface area contributed by atoms with Gasteiger partial charge in [-0.15, -0.1) is 0 Å². The molecule has 0 aromatic heterocycles. The van der Waals surface area contributed by atoms with Gasteiger partial charge in [0.25, 0.3) is 35.4 Å². The molecule has 0 saturated heterocycles. The van der Waals surface area contributed by atoms with Crippen molar-refractivity contribution in [1.29, 1.82) is 0 Å². The Labute approximate surface area is 441 Å². The lowest BCUT2D eigenvalue weighted by Gasteiger charge is -2.25. The van der Waals surface area contributed by atoms with E-state index in [0.717, 1.165) is 9.80 Å². The molecule has 0 radical (unpaired) electrons. The van der Waals surface area contributed by atoms with Crippen molar-refractivity contribution in [3.63, 3.8) is 0 Å². The fourth-order valence-electron chi connectivity index (χ4n) is 5.23. The molecule has 0 saturated carbocycles. The number of benzene rings is 2. The second kappa shape index (κ2) is 27.3. The van der Waals surface area contributed by atoms with E-state index in [0.29, 0.717) is 0 Å². The van der Waals surface area contributed by atoms with Gasteiger partial charge in [-0.25, -0.2) is 0 Å². The molecule has 0 heterocycles. The molecule has 63 heavy (non-hydrogen) atoms. The van der Waals surface area contributed by atoms with Crippen LogP contribution >= 0.6 is 136 Å². The summed E-state index contributed by atoms with van der Waals surface area (Å²) < 4.78 is 0.732. The van der Waals surface area contributed by atoms with Gasteiger partial charge < -0.3 is 82.1 Å². The van der Waals surface area contributed by atoms with E-state index in [2.05, 4.69) is 21.3 Å². The van der Waals surface area contributed by atoms with E-state index in [4.69, 9.17) is 0 Å². The maximum atomic E-state index is 13.8. The summed E-state index contributed by atoms with van der Waals surface area (Å²) in [6, 6.07) is 0. The van der Waals surface area contributed by atoms with Crippen molar-refractivity contribution >= 4 is 182 Å². The number of nitrogens with one attached hydrogen (secondary N) is 4. The first-order valence-corrected chi connectivity index (χ1v) is 24.5. The summed E-state index contributed by atoms with van der Waals surface area (Å²) >= 11 is 10.5. The lowest BCUT2D eigenvalue weighted by Crippen LogP contribution is -2.41. The van der Waals surface area contributed by atoms with Crippen LogP contribution in [0.5, 0.6) is 0 Å². The number of aliphatic hydroxyl groups is 10. The molecule has 2 aromatic carbocycles.